The van der Waals surface area contributed by atoms with Crippen LogP contribution in [0, 0.1) is 0 Å². The molecule has 22 heavy (non-hydrogen) atoms. The standard InChI is InChI=1S/C14H16N2O3S3/c17-13(15-10-5-6-22(18,19)9-10)7-20-8-14-16-11-3-1-2-4-12(11)21-14/h1-4,10H,5-9H2,(H,15,17)/t10-/m0/s1. The number of nitrogens with one attached hydrogen (secondary N) is 1. The van der Waals surface area contributed by atoms with Gasteiger partial charge < -0.3 is 5.32 Å². The molecule has 1 aromatic heterocycles. The van der Waals surface area contributed by atoms with Crippen molar-refractivity contribution < 1.29 is 13.2 Å². The maximum absolute atomic E-state index is 11.8. The Morgan fingerprint density at radius 2 is 2.23 bits per heavy atom. The lowest BCUT2D eigenvalue weighted by molar-refractivity contribution is -0.119. The van der Waals surface area contributed by atoms with Crippen molar-refractivity contribution >= 4 is 49.1 Å². The molecule has 0 saturated carbocycles. The minimum atomic E-state index is -2.95. The average molecular weight is 356 g/mol. The summed E-state index contributed by atoms with van der Waals surface area (Å²) in [6, 6.07) is 7.74. The van der Waals surface area contributed by atoms with Crippen molar-refractivity contribution in [2.45, 2.75) is 18.2 Å². The minimum Gasteiger partial charge on any atom is -0.352 e. The summed E-state index contributed by atoms with van der Waals surface area (Å²) in [4.78, 5) is 16.3. The van der Waals surface area contributed by atoms with Crippen LogP contribution in [0.3, 0.4) is 0 Å². The Morgan fingerprint density at radius 3 is 2.95 bits per heavy atom. The number of thiazole rings is 1. The Labute approximate surface area is 137 Å². The molecule has 1 aliphatic rings. The quantitative estimate of drug-likeness (QED) is 0.884. The van der Waals surface area contributed by atoms with Crippen LogP contribution in [0.15, 0.2) is 24.3 Å². The van der Waals surface area contributed by atoms with Gasteiger partial charge in [-0.3, -0.25) is 4.79 Å². The van der Waals surface area contributed by atoms with E-state index in [0.717, 1.165) is 15.2 Å². The van der Waals surface area contributed by atoms with Crippen molar-refractivity contribution in [3.8, 4) is 0 Å². The minimum absolute atomic E-state index is 0.0707. The van der Waals surface area contributed by atoms with E-state index in [4.69, 9.17) is 0 Å². The molecule has 0 spiro atoms. The number of thioether (sulfide) groups is 1. The molecular formula is C14H16N2O3S3. The van der Waals surface area contributed by atoms with E-state index in [9.17, 15) is 13.2 Å². The number of benzene rings is 1. The van der Waals surface area contributed by atoms with Crippen LogP contribution in [0.25, 0.3) is 10.2 Å². The molecule has 0 aliphatic carbocycles. The van der Waals surface area contributed by atoms with E-state index < -0.39 is 9.84 Å². The molecule has 1 amide bonds. The zero-order valence-electron chi connectivity index (χ0n) is 11.8. The second-order valence-corrected chi connectivity index (χ2v) is 9.57. The third-order valence-corrected chi connectivity index (χ3v) is 7.33. The number of hydrogen-bond acceptors (Lipinski definition) is 6. The van der Waals surface area contributed by atoms with Crippen LogP contribution in [-0.2, 0) is 20.4 Å². The lowest BCUT2D eigenvalue weighted by Crippen LogP contribution is -2.36. The number of carbonyl (C=O) groups is 1. The van der Waals surface area contributed by atoms with Crippen molar-refractivity contribution in [1.29, 1.82) is 0 Å². The largest absolute Gasteiger partial charge is 0.352 e. The summed E-state index contributed by atoms with van der Waals surface area (Å²) in [7, 11) is -2.95. The first-order valence-corrected chi connectivity index (χ1v) is 10.7. The zero-order valence-corrected chi connectivity index (χ0v) is 14.3. The van der Waals surface area contributed by atoms with Crippen molar-refractivity contribution in [3.63, 3.8) is 0 Å². The monoisotopic (exact) mass is 356 g/mol. The molecule has 8 heteroatoms. The van der Waals surface area contributed by atoms with E-state index >= 15 is 0 Å². The van der Waals surface area contributed by atoms with Gasteiger partial charge in [-0.25, -0.2) is 13.4 Å². The molecule has 0 bridgehead atoms. The van der Waals surface area contributed by atoms with Gasteiger partial charge in [0, 0.05) is 11.8 Å². The van der Waals surface area contributed by atoms with Crippen LogP contribution >= 0.6 is 23.1 Å². The molecule has 0 unspecified atom stereocenters. The third kappa shape index (κ3) is 3.99. The number of hydrogen-bond donors (Lipinski definition) is 1. The normalized spacial score (nSPS) is 20.3. The van der Waals surface area contributed by atoms with E-state index in [2.05, 4.69) is 10.3 Å². The Balaban J connectivity index is 1.45. The molecular weight excluding hydrogens is 340 g/mol. The molecule has 1 atom stereocenters. The van der Waals surface area contributed by atoms with Gasteiger partial charge in [-0.2, -0.15) is 0 Å². The topological polar surface area (TPSA) is 76.1 Å². The first-order valence-electron chi connectivity index (χ1n) is 6.94. The molecule has 2 aromatic rings. The van der Waals surface area contributed by atoms with Crippen molar-refractivity contribution in [3.05, 3.63) is 29.3 Å². The molecule has 1 fully saturated rings. The van der Waals surface area contributed by atoms with Gasteiger partial charge >= 0.3 is 0 Å². The fourth-order valence-electron chi connectivity index (χ4n) is 2.39. The highest BCUT2D eigenvalue weighted by Crippen LogP contribution is 2.24. The van der Waals surface area contributed by atoms with Gasteiger partial charge in [0.25, 0.3) is 0 Å². The predicted molar refractivity (Wildman–Crippen MR) is 91.0 cm³/mol. The van der Waals surface area contributed by atoms with E-state index in [-0.39, 0.29) is 23.5 Å². The van der Waals surface area contributed by atoms with Gasteiger partial charge in [-0.05, 0) is 18.6 Å². The SMILES string of the molecule is O=C(CSCc1nc2ccccc2s1)N[C@H]1CCS(=O)(=O)C1. The van der Waals surface area contributed by atoms with Crippen LogP contribution in [0.4, 0.5) is 0 Å². The Hall–Kier alpha value is -1.12. The van der Waals surface area contributed by atoms with Crippen LogP contribution in [-0.4, -0.2) is 42.6 Å². The second kappa shape index (κ2) is 6.55. The lowest BCUT2D eigenvalue weighted by Gasteiger charge is -2.09. The fraction of sp³-hybridized carbons (Fsp3) is 0.429. The molecule has 2 heterocycles. The second-order valence-electron chi connectivity index (χ2n) is 5.24. The Kier molecular flexibility index (Phi) is 4.70. The summed E-state index contributed by atoms with van der Waals surface area (Å²) in [5, 5.41) is 3.79. The summed E-state index contributed by atoms with van der Waals surface area (Å²) in [5.41, 5.74) is 0.990. The van der Waals surface area contributed by atoms with Crippen LogP contribution in [0.2, 0.25) is 0 Å². The molecule has 3 rings (SSSR count). The molecule has 1 N–H and O–H groups in total. The number of sulfone groups is 1. The summed E-state index contributed by atoms with van der Waals surface area (Å²) in [5.74, 6) is 1.16. The number of para-hydroxylation sites is 1. The summed E-state index contributed by atoms with van der Waals surface area (Å²) < 4.78 is 23.8. The predicted octanol–water partition coefficient (Wildman–Crippen LogP) is 1.83. The Bertz CT molecular complexity index is 752. The third-order valence-electron chi connectivity index (χ3n) is 3.39. The number of nitrogens with zero attached hydrogens (tertiary/aromatic N) is 1. The van der Waals surface area contributed by atoms with Gasteiger partial charge in [0.1, 0.15) is 5.01 Å². The van der Waals surface area contributed by atoms with E-state index in [0.29, 0.717) is 17.9 Å². The van der Waals surface area contributed by atoms with Gasteiger partial charge in [-0.1, -0.05) is 12.1 Å². The number of rotatable bonds is 5. The van der Waals surface area contributed by atoms with Gasteiger partial charge in [0.05, 0.1) is 27.5 Å². The highest BCUT2D eigenvalue weighted by Gasteiger charge is 2.28. The molecule has 1 aliphatic heterocycles. The van der Waals surface area contributed by atoms with Crippen LogP contribution < -0.4 is 5.32 Å². The van der Waals surface area contributed by atoms with E-state index in [1.807, 2.05) is 24.3 Å². The van der Waals surface area contributed by atoms with Crippen LogP contribution in [0.1, 0.15) is 11.4 Å². The lowest BCUT2D eigenvalue weighted by atomic mass is 10.3. The number of amides is 1. The van der Waals surface area contributed by atoms with Crippen molar-refractivity contribution in [2.75, 3.05) is 17.3 Å². The number of fused-ring (bicyclic) bond motifs is 1. The Morgan fingerprint density at radius 1 is 1.41 bits per heavy atom. The molecule has 118 valence electrons. The molecule has 5 nitrogen and oxygen atoms in total. The summed E-state index contributed by atoms with van der Waals surface area (Å²) in [6.45, 7) is 0. The molecule has 1 saturated heterocycles. The molecule has 0 radical (unpaired) electrons. The van der Waals surface area contributed by atoms with Crippen LogP contribution in [0.5, 0.6) is 0 Å². The summed E-state index contributed by atoms with van der Waals surface area (Å²) >= 11 is 3.14. The highest BCUT2D eigenvalue weighted by molar-refractivity contribution is 7.99. The summed E-state index contributed by atoms with van der Waals surface area (Å²) in [6.07, 6.45) is 0.524. The van der Waals surface area contributed by atoms with E-state index in [1.54, 1.807) is 11.3 Å². The number of aromatic nitrogens is 1. The zero-order chi connectivity index (χ0) is 15.6. The number of carbonyl (C=O) groups excluding carboxylic acids is 1. The van der Waals surface area contributed by atoms with Crippen molar-refractivity contribution in [1.82, 2.24) is 10.3 Å². The smallest absolute Gasteiger partial charge is 0.230 e. The van der Waals surface area contributed by atoms with Gasteiger partial charge in [-0.15, -0.1) is 23.1 Å². The fourth-order valence-corrected chi connectivity index (χ4v) is 5.92. The van der Waals surface area contributed by atoms with E-state index in [1.165, 1.54) is 11.8 Å². The first kappa shape index (κ1) is 15.8. The average Bonchev–Trinajstić information content (AvgIpc) is 3.01. The van der Waals surface area contributed by atoms with Gasteiger partial charge in [0.15, 0.2) is 9.84 Å². The maximum atomic E-state index is 11.8. The molecule has 1 aromatic carbocycles. The highest BCUT2D eigenvalue weighted by atomic mass is 32.2. The van der Waals surface area contributed by atoms with Crippen molar-refractivity contribution in [2.24, 2.45) is 0 Å². The van der Waals surface area contributed by atoms with Gasteiger partial charge in [0.2, 0.25) is 5.91 Å². The first-order chi connectivity index (χ1) is 10.5. The maximum Gasteiger partial charge on any atom is 0.230 e.